The number of thioether (sulfide) groups is 1. The van der Waals surface area contributed by atoms with Crippen molar-refractivity contribution in [1.82, 2.24) is 14.7 Å². The quantitative estimate of drug-likeness (QED) is 0.711. The van der Waals surface area contributed by atoms with Crippen molar-refractivity contribution in [2.45, 2.75) is 13.8 Å². The van der Waals surface area contributed by atoms with Gasteiger partial charge >= 0.3 is 0 Å². The number of hydrogen-bond donors (Lipinski definition) is 1. The van der Waals surface area contributed by atoms with Gasteiger partial charge in [-0.2, -0.15) is 0 Å². The van der Waals surface area contributed by atoms with Gasteiger partial charge in [0.25, 0.3) is 5.24 Å². The predicted octanol–water partition coefficient (Wildman–Crippen LogP) is 4.68. The standard InChI is InChI=1S/C17H13FN4OS2/c1-9-8-24-16-19-10(2)13(22(9)16)7-14-15(21-17(23)25-14)20-12-5-3-11(18)4-6-12/h3-8H,1-2H3,(H,20,21,23)/b14-7-. The van der Waals surface area contributed by atoms with Crippen molar-refractivity contribution in [2.24, 2.45) is 4.99 Å². The fourth-order valence-corrected chi connectivity index (χ4v) is 4.21. The topological polar surface area (TPSA) is 58.8 Å². The maximum atomic E-state index is 13.0. The van der Waals surface area contributed by atoms with Gasteiger partial charge in [-0.1, -0.05) is 0 Å². The first-order chi connectivity index (χ1) is 12.0. The molecule has 1 aliphatic rings. The molecule has 0 aliphatic carbocycles. The third kappa shape index (κ3) is 2.98. The van der Waals surface area contributed by atoms with Gasteiger partial charge < -0.3 is 5.32 Å². The van der Waals surface area contributed by atoms with Crippen molar-refractivity contribution in [3.63, 3.8) is 0 Å². The summed E-state index contributed by atoms with van der Waals surface area (Å²) in [4.78, 5) is 22.5. The third-order valence-corrected chi connectivity index (χ3v) is 5.51. The maximum absolute atomic E-state index is 13.0. The van der Waals surface area contributed by atoms with Gasteiger partial charge in [-0.25, -0.2) is 14.4 Å². The van der Waals surface area contributed by atoms with Gasteiger partial charge in [-0.3, -0.25) is 9.20 Å². The summed E-state index contributed by atoms with van der Waals surface area (Å²) < 4.78 is 15.1. The summed E-state index contributed by atoms with van der Waals surface area (Å²) in [6.45, 7) is 3.96. The second kappa shape index (κ2) is 6.12. The smallest absolute Gasteiger partial charge is 0.289 e. The number of carbonyl (C=O) groups is 1. The number of aryl methyl sites for hydroxylation is 2. The number of fused-ring (bicyclic) bond motifs is 1. The summed E-state index contributed by atoms with van der Waals surface area (Å²) in [5.41, 5.74) is 3.49. The molecule has 1 amide bonds. The average molecular weight is 372 g/mol. The summed E-state index contributed by atoms with van der Waals surface area (Å²) >= 11 is 2.67. The minimum Gasteiger partial charge on any atom is -0.300 e. The van der Waals surface area contributed by atoms with E-state index in [1.807, 2.05) is 25.3 Å². The van der Waals surface area contributed by atoms with E-state index in [9.17, 15) is 9.18 Å². The maximum Gasteiger partial charge on any atom is 0.289 e. The molecule has 25 heavy (non-hydrogen) atoms. The van der Waals surface area contributed by atoms with Gasteiger partial charge in [-0.05, 0) is 56.0 Å². The minimum atomic E-state index is -0.324. The lowest BCUT2D eigenvalue weighted by molar-refractivity contribution is 0.265. The van der Waals surface area contributed by atoms with Crippen LogP contribution in [-0.4, -0.2) is 20.5 Å². The number of halogens is 1. The average Bonchev–Trinajstić information content (AvgIpc) is 3.19. The first kappa shape index (κ1) is 16.0. The second-order valence-electron chi connectivity index (χ2n) is 5.54. The number of aliphatic imine (C=N–C) groups is 1. The lowest BCUT2D eigenvalue weighted by Crippen LogP contribution is -2.18. The monoisotopic (exact) mass is 372 g/mol. The van der Waals surface area contributed by atoms with Crippen molar-refractivity contribution in [3.05, 3.63) is 57.4 Å². The molecule has 4 rings (SSSR count). The molecule has 5 nitrogen and oxygen atoms in total. The highest BCUT2D eigenvalue weighted by atomic mass is 32.2. The van der Waals surface area contributed by atoms with Crippen LogP contribution in [0.15, 0.2) is 39.5 Å². The van der Waals surface area contributed by atoms with E-state index < -0.39 is 0 Å². The number of imidazole rings is 1. The third-order valence-electron chi connectivity index (χ3n) is 3.75. The lowest BCUT2D eigenvalue weighted by Gasteiger charge is -2.01. The Morgan fingerprint density at radius 2 is 2.04 bits per heavy atom. The van der Waals surface area contributed by atoms with Crippen LogP contribution in [0.1, 0.15) is 17.1 Å². The highest BCUT2D eigenvalue weighted by Crippen LogP contribution is 2.30. The Labute approximate surface area is 151 Å². The van der Waals surface area contributed by atoms with E-state index in [0.29, 0.717) is 16.4 Å². The number of amidine groups is 1. The lowest BCUT2D eigenvalue weighted by atomic mass is 10.3. The molecule has 1 aliphatic heterocycles. The SMILES string of the molecule is Cc1nc2scc(C)n2c1/C=C1\SC(=O)NC1=Nc1ccc(F)cc1. The second-order valence-corrected chi connectivity index (χ2v) is 7.39. The van der Waals surface area contributed by atoms with Crippen molar-refractivity contribution >= 4 is 50.9 Å². The summed E-state index contributed by atoms with van der Waals surface area (Å²) in [6, 6.07) is 5.82. The van der Waals surface area contributed by atoms with Crippen LogP contribution in [-0.2, 0) is 0 Å². The normalized spacial score (nSPS) is 17.8. The van der Waals surface area contributed by atoms with Crippen molar-refractivity contribution in [1.29, 1.82) is 0 Å². The molecule has 1 fully saturated rings. The molecule has 1 saturated heterocycles. The molecule has 8 heteroatoms. The van der Waals surface area contributed by atoms with E-state index in [1.54, 1.807) is 23.5 Å². The number of thiazole rings is 1. The molecule has 0 saturated carbocycles. The Morgan fingerprint density at radius 1 is 1.28 bits per heavy atom. The van der Waals surface area contributed by atoms with Crippen molar-refractivity contribution in [3.8, 4) is 0 Å². The Balaban J connectivity index is 1.80. The van der Waals surface area contributed by atoms with Crippen molar-refractivity contribution in [2.75, 3.05) is 0 Å². The van der Waals surface area contributed by atoms with Gasteiger partial charge in [0.1, 0.15) is 11.7 Å². The molecule has 3 aromatic rings. The van der Waals surface area contributed by atoms with Crippen LogP contribution in [0.3, 0.4) is 0 Å². The highest BCUT2D eigenvalue weighted by Gasteiger charge is 2.25. The van der Waals surface area contributed by atoms with E-state index >= 15 is 0 Å². The number of rotatable bonds is 2. The molecule has 126 valence electrons. The number of hydrogen-bond acceptors (Lipinski definition) is 5. The van der Waals surface area contributed by atoms with E-state index in [1.165, 1.54) is 12.1 Å². The van der Waals surface area contributed by atoms with Gasteiger partial charge in [0, 0.05) is 11.1 Å². The molecular weight excluding hydrogens is 359 g/mol. The highest BCUT2D eigenvalue weighted by molar-refractivity contribution is 8.18. The number of carbonyl (C=O) groups excluding carboxylic acids is 1. The molecule has 0 radical (unpaired) electrons. The predicted molar refractivity (Wildman–Crippen MR) is 100 cm³/mol. The van der Waals surface area contributed by atoms with Gasteiger partial charge in [-0.15, -0.1) is 11.3 Å². The molecule has 1 N–H and O–H groups in total. The molecule has 1 aromatic carbocycles. The van der Waals surface area contributed by atoms with Crippen LogP contribution >= 0.6 is 23.1 Å². The van der Waals surface area contributed by atoms with Crippen LogP contribution in [0.4, 0.5) is 14.9 Å². The van der Waals surface area contributed by atoms with Gasteiger partial charge in [0.05, 0.1) is 22.0 Å². The van der Waals surface area contributed by atoms with Crippen LogP contribution < -0.4 is 5.32 Å². The molecule has 0 unspecified atom stereocenters. The Kier molecular flexibility index (Phi) is 3.93. The first-order valence-corrected chi connectivity index (χ1v) is 9.19. The van der Waals surface area contributed by atoms with E-state index in [4.69, 9.17) is 0 Å². The molecule has 0 spiro atoms. The number of nitrogens with zero attached hydrogens (tertiary/aromatic N) is 3. The zero-order valence-corrected chi connectivity index (χ0v) is 15.0. The number of benzene rings is 1. The first-order valence-electron chi connectivity index (χ1n) is 7.49. The van der Waals surface area contributed by atoms with E-state index in [0.717, 1.165) is 33.8 Å². The number of amides is 1. The summed E-state index contributed by atoms with van der Waals surface area (Å²) in [7, 11) is 0. The zero-order valence-electron chi connectivity index (χ0n) is 13.4. The van der Waals surface area contributed by atoms with E-state index in [2.05, 4.69) is 19.7 Å². The largest absolute Gasteiger partial charge is 0.300 e. The Hall–Kier alpha value is -2.45. The van der Waals surface area contributed by atoms with Crippen LogP contribution in [0.5, 0.6) is 0 Å². The Bertz CT molecular complexity index is 1050. The number of nitrogens with one attached hydrogen (secondary N) is 1. The number of aromatic nitrogens is 2. The molecule has 2 aromatic heterocycles. The summed E-state index contributed by atoms with van der Waals surface area (Å²) in [5, 5.41) is 4.60. The molecular formula is C17H13FN4OS2. The fraction of sp³-hybridized carbons (Fsp3) is 0.118. The molecule has 0 atom stereocenters. The zero-order chi connectivity index (χ0) is 17.6. The Morgan fingerprint density at radius 3 is 2.80 bits per heavy atom. The van der Waals surface area contributed by atoms with E-state index in [-0.39, 0.29) is 11.1 Å². The van der Waals surface area contributed by atoms with Crippen LogP contribution in [0.25, 0.3) is 11.0 Å². The molecule has 3 heterocycles. The summed E-state index contributed by atoms with van der Waals surface area (Å²) in [6.07, 6.45) is 1.92. The van der Waals surface area contributed by atoms with Gasteiger partial charge in [0.15, 0.2) is 4.96 Å². The van der Waals surface area contributed by atoms with Crippen LogP contribution in [0.2, 0.25) is 0 Å². The fourth-order valence-electron chi connectivity index (χ4n) is 2.58. The molecule has 0 bridgehead atoms. The van der Waals surface area contributed by atoms with Crippen molar-refractivity contribution < 1.29 is 9.18 Å². The summed E-state index contributed by atoms with van der Waals surface area (Å²) in [5.74, 6) is 0.138. The van der Waals surface area contributed by atoms with Crippen LogP contribution in [0, 0.1) is 19.7 Å². The minimum absolute atomic E-state index is 0.187. The van der Waals surface area contributed by atoms with Gasteiger partial charge in [0.2, 0.25) is 0 Å².